The number of benzene rings is 3. The number of likely N-dealkylation sites (tertiary alicyclic amines) is 1. The van der Waals surface area contributed by atoms with Crippen LogP contribution in [0.4, 0.5) is 11.6 Å². The quantitative estimate of drug-likeness (QED) is 0.389. The first-order valence-electron chi connectivity index (χ1n) is 12.8. The average molecular weight is 494 g/mol. The van der Waals surface area contributed by atoms with Gasteiger partial charge in [-0.1, -0.05) is 48.5 Å². The van der Waals surface area contributed by atoms with Crippen LogP contribution in [0.2, 0.25) is 0 Å². The van der Waals surface area contributed by atoms with Crippen LogP contribution in [0.25, 0.3) is 0 Å². The molecule has 0 unspecified atom stereocenters. The van der Waals surface area contributed by atoms with Crippen molar-refractivity contribution >= 4 is 11.6 Å². The molecule has 7 nitrogen and oxygen atoms in total. The second kappa shape index (κ2) is 10.7. The Morgan fingerprint density at radius 3 is 2.41 bits per heavy atom. The van der Waals surface area contributed by atoms with Gasteiger partial charge in [-0.25, -0.2) is 9.97 Å². The topological polar surface area (TPSA) is 73.8 Å². The number of β-amino-alcohol motifs (C(OH)–C–C–N with tert-alkyl or cyclic N) is 1. The molecule has 0 bridgehead atoms. The van der Waals surface area contributed by atoms with Gasteiger partial charge in [0, 0.05) is 50.6 Å². The molecule has 2 aliphatic heterocycles. The zero-order chi connectivity index (χ0) is 25.0. The number of rotatable bonds is 7. The third-order valence-corrected chi connectivity index (χ3v) is 7.12. The van der Waals surface area contributed by atoms with Gasteiger partial charge in [0.1, 0.15) is 11.5 Å². The minimum absolute atomic E-state index is 0.111. The maximum absolute atomic E-state index is 10.9. The second-order valence-electron chi connectivity index (χ2n) is 9.76. The van der Waals surface area contributed by atoms with E-state index >= 15 is 0 Å². The van der Waals surface area contributed by atoms with Crippen LogP contribution in [-0.2, 0) is 19.5 Å². The van der Waals surface area contributed by atoms with E-state index in [0.29, 0.717) is 12.5 Å². The lowest BCUT2D eigenvalue weighted by atomic mass is 10.0. The molecule has 0 aliphatic carbocycles. The molecule has 1 aromatic heterocycles. The largest absolute Gasteiger partial charge is 0.457 e. The van der Waals surface area contributed by atoms with Crippen LogP contribution < -0.4 is 10.1 Å². The molecule has 0 spiro atoms. The molecule has 2 aliphatic rings. The van der Waals surface area contributed by atoms with E-state index in [1.165, 1.54) is 11.1 Å². The Morgan fingerprint density at radius 1 is 0.892 bits per heavy atom. The molecule has 2 atom stereocenters. The van der Waals surface area contributed by atoms with Crippen LogP contribution >= 0.6 is 0 Å². The Bertz CT molecular complexity index is 1320. The van der Waals surface area contributed by atoms with Crippen LogP contribution in [0.15, 0.2) is 91.1 Å². The molecular formula is C30H31N5O2. The number of anilines is 2. The molecule has 7 heteroatoms. The van der Waals surface area contributed by atoms with Crippen LogP contribution in [0, 0.1) is 0 Å². The van der Waals surface area contributed by atoms with E-state index in [2.05, 4.69) is 44.4 Å². The van der Waals surface area contributed by atoms with Gasteiger partial charge in [-0.15, -0.1) is 0 Å². The highest BCUT2D eigenvalue weighted by Crippen LogP contribution is 2.27. The van der Waals surface area contributed by atoms with Gasteiger partial charge in [0.25, 0.3) is 0 Å². The van der Waals surface area contributed by atoms with Crippen molar-refractivity contribution in [2.75, 3.05) is 25.0 Å². The van der Waals surface area contributed by atoms with Crippen molar-refractivity contribution in [1.82, 2.24) is 19.8 Å². The third kappa shape index (κ3) is 5.64. The summed E-state index contributed by atoms with van der Waals surface area (Å²) < 4.78 is 5.88. The molecule has 3 heterocycles. The van der Waals surface area contributed by atoms with E-state index in [1.807, 2.05) is 66.9 Å². The van der Waals surface area contributed by atoms with E-state index in [9.17, 15) is 5.11 Å². The van der Waals surface area contributed by atoms with Crippen molar-refractivity contribution in [3.05, 3.63) is 108 Å². The van der Waals surface area contributed by atoms with Crippen molar-refractivity contribution in [3.63, 3.8) is 0 Å². The summed E-state index contributed by atoms with van der Waals surface area (Å²) >= 11 is 0. The summed E-state index contributed by atoms with van der Waals surface area (Å²) in [6.07, 6.45) is 2.46. The van der Waals surface area contributed by atoms with Crippen molar-refractivity contribution < 1.29 is 9.84 Å². The molecule has 188 valence electrons. The Kier molecular flexibility index (Phi) is 6.82. The lowest BCUT2D eigenvalue weighted by molar-refractivity contribution is 0.0735. The zero-order valence-electron chi connectivity index (χ0n) is 20.7. The highest BCUT2D eigenvalue weighted by atomic mass is 16.5. The number of aliphatic hydroxyl groups excluding tert-OH is 1. The minimum Gasteiger partial charge on any atom is -0.457 e. The summed E-state index contributed by atoms with van der Waals surface area (Å²) in [7, 11) is 0. The number of aliphatic hydroxyl groups is 1. The number of para-hydroxylation sites is 1. The van der Waals surface area contributed by atoms with Crippen LogP contribution in [0.5, 0.6) is 11.5 Å². The highest BCUT2D eigenvalue weighted by Gasteiger charge is 2.37. The van der Waals surface area contributed by atoms with Gasteiger partial charge in [-0.2, -0.15) is 0 Å². The highest BCUT2D eigenvalue weighted by molar-refractivity contribution is 5.55. The fourth-order valence-corrected chi connectivity index (χ4v) is 5.20. The maximum Gasteiger partial charge on any atom is 0.227 e. The Balaban J connectivity index is 1.09. The smallest absolute Gasteiger partial charge is 0.227 e. The summed E-state index contributed by atoms with van der Waals surface area (Å²) in [5.41, 5.74) is 4.39. The predicted octanol–water partition coefficient (Wildman–Crippen LogP) is 4.62. The van der Waals surface area contributed by atoms with Gasteiger partial charge < -0.3 is 15.2 Å². The maximum atomic E-state index is 10.9. The molecule has 0 radical (unpaired) electrons. The fourth-order valence-electron chi connectivity index (χ4n) is 5.20. The first-order valence-corrected chi connectivity index (χ1v) is 12.8. The van der Waals surface area contributed by atoms with Crippen LogP contribution in [0.1, 0.15) is 16.8 Å². The van der Waals surface area contributed by atoms with Gasteiger partial charge in [-0.3, -0.25) is 9.80 Å². The standard InChI is InChI=1S/C30H31N5O2/c36-29-21-34(18-22-7-3-1-4-8-22)20-28(29)35-16-15-23-17-31-30(33-27(23)19-35)32-24-11-13-26(14-12-24)37-25-9-5-2-6-10-25/h1-14,17,28-29,36H,15-16,18-21H2,(H,31,32,33)/t28-,29-/m1/s1. The number of hydrogen-bond donors (Lipinski definition) is 2. The van der Waals surface area contributed by atoms with Crippen molar-refractivity contribution in [2.45, 2.75) is 31.7 Å². The molecular weight excluding hydrogens is 462 g/mol. The van der Waals surface area contributed by atoms with E-state index < -0.39 is 0 Å². The molecule has 37 heavy (non-hydrogen) atoms. The zero-order valence-corrected chi connectivity index (χ0v) is 20.7. The van der Waals surface area contributed by atoms with Crippen LogP contribution in [0.3, 0.4) is 0 Å². The molecule has 0 saturated carbocycles. The first kappa shape index (κ1) is 23.6. The lowest BCUT2D eigenvalue weighted by Crippen LogP contribution is -2.46. The van der Waals surface area contributed by atoms with Gasteiger partial charge in [0.05, 0.1) is 11.8 Å². The number of aromatic nitrogens is 2. The average Bonchev–Trinajstić information content (AvgIpc) is 3.30. The normalized spacial score (nSPS) is 19.9. The fraction of sp³-hybridized carbons (Fsp3) is 0.267. The lowest BCUT2D eigenvalue weighted by Gasteiger charge is -2.34. The van der Waals surface area contributed by atoms with Gasteiger partial charge in [0.2, 0.25) is 5.95 Å². The molecule has 0 amide bonds. The summed E-state index contributed by atoms with van der Waals surface area (Å²) in [6.45, 7) is 4.05. The van der Waals surface area contributed by atoms with Gasteiger partial charge >= 0.3 is 0 Å². The van der Waals surface area contributed by atoms with Gasteiger partial charge in [-0.05, 0) is 53.9 Å². The number of nitrogens with zero attached hydrogens (tertiary/aromatic N) is 4. The minimum atomic E-state index is -0.360. The SMILES string of the molecule is O[C@@H]1CN(Cc2ccccc2)C[C@H]1N1CCc2cnc(Nc3ccc(Oc4ccccc4)cc3)nc2C1. The molecule has 1 saturated heterocycles. The number of fused-ring (bicyclic) bond motifs is 1. The van der Waals surface area contributed by atoms with Gasteiger partial charge in [0.15, 0.2) is 0 Å². The number of nitrogens with one attached hydrogen (secondary N) is 1. The summed E-state index contributed by atoms with van der Waals surface area (Å²) in [5, 5.41) is 14.2. The predicted molar refractivity (Wildman–Crippen MR) is 144 cm³/mol. The second-order valence-corrected chi connectivity index (χ2v) is 9.76. The molecule has 4 aromatic rings. The van der Waals surface area contributed by atoms with E-state index in [-0.39, 0.29) is 12.1 Å². The Hall–Kier alpha value is -3.78. The van der Waals surface area contributed by atoms with E-state index in [0.717, 1.165) is 55.5 Å². The summed E-state index contributed by atoms with van der Waals surface area (Å²) in [5.74, 6) is 2.16. The van der Waals surface area contributed by atoms with Crippen molar-refractivity contribution in [3.8, 4) is 11.5 Å². The Morgan fingerprint density at radius 2 is 1.62 bits per heavy atom. The van der Waals surface area contributed by atoms with E-state index in [1.54, 1.807) is 0 Å². The third-order valence-electron chi connectivity index (χ3n) is 7.12. The molecule has 6 rings (SSSR count). The Labute approximate surface area is 217 Å². The van der Waals surface area contributed by atoms with Crippen LogP contribution in [-0.4, -0.2) is 56.7 Å². The summed E-state index contributed by atoms with van der Waals surface area (Å²) in [6, 6.07) is 28.1. The molecule has 2 N–H and O–H groups in total. The number of ether oxygens (including phenoxy) is 1. The summed E-state index contributed by atoms with van der Waals surface area (Å²) in [4.78, 5) is 14.1. The first-order chi connectivity index (χ1) is 18.2. The molecule has 1 fully saturated rings. The molecule has 3 aromatic carbocycles. The van der Waals surface area contributed by atoms with Crippen molar-refractivity contribution in [2.24, 2.45) is 0 Å². The van der Waals surface area contributed by atoms with Crippen molar-refractivity contribution in [1.29, 1.82) is 0 Å². The monoisotopic (exact) mass is 493 g/mol. The number of hydrogen-bond acceptors (Lipinski definition) is 7. The van der Waals surface area contributed by atoms with E-state index in [4.69, 9.17) is 9.72 Å².